The summed E-state index contributed by atoms with van der Waals surface area (Å²) in [6.07, 6.45) is 4.05. The zero-order valence-electron chi connectivity index (χ0n) is 29.2. The number of ether oxygens (including phenoxy) is 4. The van der Waals surface area contributed by atoms with E-state index in [2.05, 4.69) is 42.8 Å². The second-order valence-corrected chi connectivity index (χ2v) is 14.6. The fraction of sp³-hybridized carbons (Fsp3) is 0.667. The third-order valence-corrected chi connectivity index (χ3v) is 9.59. The van der Waals surface area contributed by atoms with Crippen molar-refractivity contribution >= 4 is 29.4 Å². The molecule has 3 amide bonds. The fourth-order valence-electron chi connectivity index (χ4n) is 6.54. The number of alkyl carbamates (subject to hydrolysis) is 1. The maximum atomic E-state index is 12.8. The number of hydrogen-bond acceptors (Lipinski definition) is 8. The first-order chi connectivity index (χ1) is 22.1. The van der Waals surface area contributed by atoms with Crippen molar-refractivity contribution < 1.29 is 38.1 Å². The molecule has 1 aliphatic carbocycles. The molecule has 2 aliphatic heterocycles. The van der Waals surface area contributed by atoms with E-state index >= 15 is 0 Å². The van der Waals surface area contributed by atoms with Gasteiger partial charge in [-0.3, -0.25) is 14.4 Å². The predicted octanol–water partition coefficient (Wildman–Crippen LogP) is 4.87. The van der Waals surface area contributed by atoms with Crippen LogP contribution in [-0.4, -0.2) is 79.5 Å². The van der Waals surface area contributed by atoms with Gasteiger partial charge in [-0.05, 0) is 71.1 Å². The summed E-state index contributed by atoms with van der Waals surface area (Å²) >= 11 is 0. The van der Waals surface area contributed by atoms with Crippen molar-refractivity contribution in [3.8, 4) is 0 Å². The molecular weight excluding hydrogens is 602 g/mol. The molecule has 1 aromatic carbocycles. The molecule has 4 rings (SSSR count). The first-order valence-electron chi connectivity index (χ1n) is 16.7. The molecule has 11 nitrogen and oxygen atoms in total. The first kappa shape index (κ1) is 36.6. The number of allylic oxidation sites excluding steroid dienone is 1. The molecule has 3 N–H and O–H groups in total. The topological polar surface area (TPSA) is 148 Å². The van der Waals surface area contributed by atoms with Gasteiger partial charge in [0, 0.05) is 37.6 Å². The molecule has 0 aromatic heterocycles. The highest BCUT2D eigenvalue weighted by Crippen LogP contribution is 2.59. The minimum atomic E-state index is -0.759. The van der Waals surface area contributed by atoms with Gasteiger partial charge in [-0.15, -0.1) is 0 Å². The number of nitrogens with one attached hydrogen (secondary N) is 3. The maximum Gasteiger partial charge on any atom is 0.407 e. The quantitative estimate of drug-likeness (QED) is 0.190. The van der Waals surface area contributed by atoms with E-state index in [1.54, 1.807) is 26.2 Å². The monoisotopic (exact) mass is 655 g/mol. The van der Waals surface area contributed by atoms with Crippen LogP contribution in [0.5, 0.6) is 0 Å². The number of Topliss-reactive ketones (excluding diaryl/α,β-unsaturated/α-hetero) is 1. The lowest BCUT2D eigenvalue weighted by molar-refractivity contribution is -0.130. The second kappa shape index (κ2) is 14.9. The number of benzene rings is 1. The lowest BCUT2D eigenvalue weighted by Crippen LogP contribution is -2.56. The van der Waals surface area contributed by atoms with E-state index in [9.17, 15) is 19.2 Å². The van der Waals surface area contributed by atoms with Crippen molar-refractivity contribution in [1.82, 2.24) is 10.6 Å². The van der Waals surface area contributed by atoms with Crippen molar-refractivity contribution in [3.05, 3.63) is 41.5 Å². The van der Waals surface area contributed by atoms with Crippen molar-refractivity contribution in [2.24, 2.45) is 11.3 Å². The molecule has 47 heavy (non-hydrogen) atoms. The molecule has 3 aliphatic rings. The zero-order chi connectivity index (χ0) is 34.6. The number of carbonyl (C=O) groups is 4. The second-order valence-electron chi connectivity index (χ2n) is 14.6. The van der Waals surface area contributed by atoms with Gasteiger partial charge in [0.15, 0.2) is 0 Å². The van der Waals surface area contributed by atoms with Crippen LogP contribution in [0.25, 0.3) is 0 Å². The highest BCUT2D eigenvalue weighted by atomic mass is 16.6. The lowest BCUT2D eigenvalue weighted by Gasteiger charge is -2.42. The van der Waals surface area contributed by atoms with E-state index in [4.69, 9.17) is 18.9 Å². The Morgan fingerprint density at radius 2 is 1.79 bits per heavy atom. The highest BCUT2D eigenvalue weighted by Gasteiger charge is 2.72. The summed E-state index contributed by atoms with van der Waals surface area (Å²) in [7, 11) is 1.66. The van der Waals surface area contributed by atoms with Gasteiger partial charge in [-0.25, -0.2) is 4.79 Å². The number of rotatable bonds is 14. The molecule has 7 atom stereocenters. The Balaban J connectivity index is 1.20. The highest BCUT2D eigenvalue weighted by molar-refractivity contribution is 5.97. The van der Waals surface area contributed by atoms with Crippen LogP contribution in [0.4, 0.5) is 10.5 Å². The van der Waals surface area contributed by atoms with Crippen molar-refractivity contribution in [3.63, 3.8) is 0 Å². The summed E-state index contributed by atoms with van der Waals surface area (Å²) in [5, 5.41) is 8.30. The van der Waals surface area contributed by atoms with E-state index in [0.29, 0.717) is 31.7 Å². The van der Waals surface area contributed by atoms with E-state index < -0.39 is 29.3 Å². The molecule has 1 aromatic rings. The van der Waals surface area contributed by atoms with Gasteiger partial charge in [0.25, 0.3) is 0 Å². The molecule has 1 spiro atoms. The summed E-state index contributed by atoms with van der Waals surface area (Å²) in [5.74, 6) is -0.742. The third kappa shape index (κ3) is 9.42. The Morgan fingerprint density at radius 3 is 2.38 bits per heavy atom. The number of amides is 3. The van der Waals surface area contributed by atoms with Gasteiger partial charge in [0.05, 0.1) is 18.6 Å². The number of epoxide rings is 2. The Morgan fingerprint density at radius 1 is 1.11 bits per heavy atom. The normalized spacial score (nSPS) is 28.5. The Bertz CT molecular complexity index is 1330. The summed E-state index contributed by atoms with van der Waals surface area (Å²) < 4.78 is 24.1. The average molecular weight is 656 g/mol. The summed E-state index contributed by atoms with van der Waals surface area (Å²) in [6, 6.07) is 6.52. The summed E-state index contributed by atoms with van der Waals surface area (Å²) in [6.45, 7) is 14.4. The van der Waals surface area contributed by atoms with Crippen LogP contribution in [0, 0.1) is 11.3 Å². The van der Waals surface area contributed by atoms with E-state index in [1.165, 1.54) is 5.57 Å². The van der Waals surface area contributed by atoms with Gasteiger partial charge in [0.1, 0.15) is 35.2 Å². The third-order valence-electron chi connectivity index (χ3n) is 9.59. The molecule has 0 unspecified atom stereocenters. The van der Waals surface area contributed by atoms with Crippen LogP contribution >= 0.6 is 0 Å². The zero-order valence-corrected chi connectivity index (χ0v) is 29.2. The van der Waals surface area contributed by atoms with E-state index in [0.717, 1.165) is 18.4 Å². The smallest absolute Gasteiger partial charge is 0.407 e. The molecule has 3 fully saturated rings. The SMILES string of the molecule is CO[C@@H]1[C@H](OC(=O)NCCc2ccc(NC(=O)[C@H](C)NC(=O)CCC(=O)C(C)(C)C)cc2)CC[C@]2(CO2)[C@H]1[C@@]1(C)O[C@@H]1CC=C(C)C. The number of methoxy groups -OCH3 is 1. The van der Waals surface area contributed by atoms with Crippen LogP contribution in [0.1, 0.15) is 86.1 Å². The summed E-state index contributed by atoms with van der Waals surface area (Å²) in [5.41, 5.74) is 1.63. The Kier molecular flexibility index (Phi) is 11.6. The molecule has 0 radical (unpaired) electrons. The number of anilines is 1. The molecule has 2 saturated heterocycles. The van der Waals surface area contributed by atoms with Gasteiger partial charge in [-0.1, -0.05) is 44.6 Å². The first-order valence-corrected chi connectivity index (χ1v) is 16.7. The minimum absolute atomic E-state index is 0.00110. The standard InChI is InChI=1S/C36H53N3O8/c1-22(2)9-15-28-35(7,47-28)31-30(44-8)26(17-19-36(31)21-45-36)46-33(43)37-20-18-24-10-12-25(13-11-24)39-32(42)23(3)38-29(41)16-14-27(40)34(4,5)6/h9-13,23,26,28,30-31H,14-21H2,1-8H3,(H,37,43)(H,38,41)(H,39,42)/t23-,26+,28+,30+,31+,35-,36-/m0/s1. The van der Waals surface area contributed by atoms with Gasteiger partial charge < -0.3 is 34.9 Å². The summed E-state index contributed by atoms with van der Waals surface area (Å²) in [4.78, 5) is 49.7. The minimum Gasteiger partial charge on any atom is -0.443 e. The number of hydrogen-bond donors (Lipinski definition) is 3. The molecule has 1 saturated carbocycles. The molecular formula is C36H53N3O8. The molecule has 11 heteroatoms. The number of ketones is 1. The predicted molar refractivity (Wildman–Crippen MR) is 178 cm³/mol. The number of carbonyl (C=O) groups excluding carboxylic acids is 4. The van der Waals surface area contributed by atoms with Crippen LogP contribution in [0.3, 0.4) is 0 Å². The molecule has 2 heterocycles. The Labute approximate surface area is 278 Å². The van der Waals surface area contributed by atoms with Crippen molar-refractivity contribution in [2.75, 3.05) is 25.6 Å². The fourth-order valence-corrected chi connectivity index (χ4v) is 6.54. The van der Waals surface area contributed by atoms with Crippen molar-refractivity contribution in [1.29, 1.82) is 0 Å². The van der Waals surface area contributed by atoms with E-state index in [1.807, 2.05) is 32.9 Å². The Hall–Kier alpha value is -3.28. The van der Waals surface area contributed by atoms with Gasteiger partial charge >= 0.3 is 6.09 Å². The van der Waals surface area contributed by atoms with Crippen LogP contribution < -0.4 is 16.0 Å². The van der Waals surface area contributed by atoms with Crippen LogP contribution in [0.15, 0.2) is 35.9 Å². The van der Waals surface area contributed by atoms with Crippen LogP contribution in [0.2, 0.25) is 0 Å². The largest absolute Gasteiger partial charge is 0.443 e. The van der Waals surface area contributed by atoms with Gasteiger partial charge in [-0.2, -0.15) is 0 Å². The maximum absolute atomic E-state index is 12.8. The van der Waals surface area contributed by atoms with Gasteiger partial charge in [0.2, 0.25) is 11.8 Å². The molecule has 260 valence electrons. The average Bonchev–Trinajstić information content (AvgIpc) is 3.92. The van der Waals surface area contributed by atoms with Crippen molar-refractivity contribution in [2.45, 2.75) is 123 Å². The van der Waals surface area contributed by atoms with Crippen LogP contribution in [-0.2, 0) is 39.8 Å². The molecule has 0 bridgehead atoms. The van der Waals surface area contributed by atoms with E-state index in [-0.39, 0.29) is 54.2 Å². The lowest BCUT2D eigenvalue weighted by atomic mass is 9.68.